The maximum atomic E-state index is 13.5. The van der Waals surface area contributed by atoms with Crippen LogP contribution in [0.15, 0.2) is 71.6 Å². The number of methoxy groups -OCH3 is 2. The van der Waals surface area contributed by atoms with Gasteiger partial charge in [-0.3, -0.25) is 9.52 Å². The number of nitrogens with one attached hydrogen (secondary N) is 2. The second kappa shape index (κ2) is 13.2. The van der Waals surface area contributed by atoms with E-state index in [1.165, 1.54) is 6.07 Å². The molecule has 0 bridgehead atoms. The van der Waals surface area contributed by atoms with Crippen LogP contribution >= 0.6 is 0 Å². The normalized spacial score (nSPS) is 13.4. The van der Waals surface area contributed by atoms with E-state index < -0.39 is 10.0 Å². The number of rotatable bonds is 12. The molecule has 208 valence electrons. The van der Waals surface area contributed by atoms with Crippen LogP contribution in [0, 0.1) is 0 Å². The van der Waals surface area contributed by atoms with Gasteiger partial charge >= 0.3 is 0 Å². The largest absolute Gasteiger partial charge is 0.497 e. The number of benzene rings is 3. The Bertz CT molecular complexity index is 1340. The lowest BCUT2D eigenvalue weighted by atomic mass is 10.1. The number of nitrogens with zero attached hydrogens (tertiary/aromatic N) is 1. The minimum absolute atomic E-state index is 0.126. The van der Waals surface area contributed by atoms with Crippen molar-refractivity contribution < 1.29 is 27.4 Å². The van der Waals surface area contributed by atoms with E-state index >= 15 is 0 Å². The smallest absolute Gasteiger partial charge is 0.264 e. The minimum atomic E-state index is -3.94. The van der Waals surface area contributed by atoms with Gasteiger partial charge in [-0.2, -0.15) is 0 Å². The molecule has 0 aromatic heterocycles. The van der Waals surface area contributed by atoms with E-state index in [1.54, 1.807) is 50.6 Å². The van der Waals surface area contributed by atoms with Gasteiger partial charge in [0.05, 0.1) is 26.5 Å². The third kappa shape index (κ3) is 7.79. The first-order valence-corrected chi connectivity index (χ1v) is 14.5. The van der Waals surface area contributed by atoms with Crippen molar-refractivity contribution >= 4 is 33.0 Å². The molecule has 0 spiro atoms. The average Bonchev–Trinajstić information content (AvgIpc) is 2.96. The summed E-state index contributed by atoms with van der Waals surface area (Å²) in [5.74, 6) is 1.86. The second-order valence-corrected chi connectivity index (χ2v) is 10.9. The summed E-state index contributed by atoms with van der Waals surface area (Å²) in [6.45, 7) is 1.94. The van der Waals surface area contributed by atoms with E-state index in [9.17, 15) is 13.2 Å². The van der Waals surface area contributed by atoms with Crippen molar-refractivity contribution in [2.45, 2.75) is 37.0 Å². The Kier molecular flexibility index (Phi) is 9.54. The Morgan fingerprint density at radius 2 is 1.41 bits per heavy atom. The fraction of sp³-hybridized carbons (Fsp3) is 0.345. The monoisotopic (exact) mass is 553 g/mol. The van der Waals surface area contributed by atoms with Gasteiger partial charge in [-0.1, -0.05) is 0 Å². The maximum absolute atomic E-state index is 13.5. The minimum Gasteiger partial charge on any atom is -0.497 e. The number of ether oxygens (including phenoxy) is 3. The zero-order valence-electron chi connectivity index (χ0n) is 22.3. The van der Waals surface area contributed by atoms with Crippen LogP contribution in [0.4, 0.5) is 17.1 Å². The highest BCUT2D eigenvalue weighted by atomic mass is 32.2. The van der Waals surface area contributed by atoms with Gasteiger partial charge < -0.3 is 24.4 Å². The molecule has 0 atom stereocenters. The molecule has 0 aliphatic carbocycles. The summed E-state index contributed by atoms with van der Waals surface area (Å²) in [6, 6.07) is 19.0. The lowest BCUT2D eigenvalue weighted by Gasteiger charge is -2.30. The quantitative estimate of drug-likeness (QED) is 0.294. The van der Waals surface area contributed by atoms with Gasteiger partial charge in [0.2, 0.25) is 5.91 Å². The first kappa shape index (κ1) is 28.1. The van der Waals surface area contributed by atoms with Crippen LogP contribution in [0.25, 0.3) is 0 Å². The van der Waals surface area contributed by atoms with Gasteiger partial charge in [-0.25, -0.2) is 8.42 Å². The molecule has 1 saturated heterocycles. The van der Waals surface area contributed by atoms with E-state index in [2.05, 4.69) is 14.9 Å². The average molecular weight is 554 g/mol. The highest BCUT2D eigenvalue weighted by Gasteiger charge is 2.24. The zero-order valence-corrected chi connectivity index (χ0v) is 23.1. The highest BCUT2D eigenvalue weighted by molar-refractivity contribution is 7.92. The van der Waals surface area contributed by atoms with Gasteiger partial charge in [-0.05, 0) is 92.4 Å². The molecule has 3 aromatic carbocycles. The Morgan fingerprint density at radius 3 is 2.05 bits per heavy atom. The third-order valence-corrected chi connectivity index (χ3v) is 7.86. The van der Waals surface area contributed by atoms with Crippen molar-refractivity contribution in [2.24, 2.45) is 0 Å². The molecule has 2 N–H and O–H groups in total. The molecule has 1 aliphatic rings. The number of amides is 1. The molecule has 0 radical (unpaired) electrons. The van der Waals surface area contributed by atoms with Crippen LogP contribution < -0.4 is 29.1 Å². The van der Waals surface area contributed by atoms with Crippen LogP contribution in [-0.4, -0.2) is 48.2 Å². The Hall–Kier alpha value is -3.92. The van der Waals surface area contributed by atoms with Crippen LogP contribution in [0.2, 0.25) is 0 Å². The number of piperidine rings is 1. The molecule has 0 unspecified atom stereocenters. The second-order valence-electron chi connectivity index (χ2n) is 9.24. The Balaban J connectivity index is 1.43. The molecule has 3 aromatic rings. The number of sulfonamides is 1. The first-order chi connectivity index (χ1) is 18.9. The maximum Gasteiger partial charge on any atom is 0.264 e. The van der Waals surface area contributed by atoms with Crippen molar-refractivity contribution in [3.05, 3.63) is 66.7 Å². The predicted octanol–water partition coefficient (Wildman–Crippen LogP) is 5.29. The summed E-state index contributed by atoms with van der Waals surface area (Å²) in [7, 11) is -0.784. The molecule has 9 nitrogen and oxygen atoms in total. The summed E-state index contributed by atoms with van der Waals surface area (Å²) in [5.41, 5.74) is 1.47. The summed E-state index contributed by atoms with van der Waals surface area (Å²) in [6.07, 6.45) is 3.87. The first-order valence-electron chi connectivity index (χ1n) is 13.0. The van der Waals surface area contributed by atoms with Crippen molar-refractivity contribution in [1.82, 2.24) is 0 Å². The van der Waals surface area contributed by atoms with Crippen LogP contribution in [0.1, 0.15) is 32.1 Å². The molecule has 1 heterocycles. The van der Waals surface area contributed by atoms with Gasteiger partial charge in [0.15, 0.2) is 0 Å². The number of carbonyl (C=O) groups is 1. The molecular weight excluding hydrogens is 518 g/mol. The van der Waals surface area contributed by atoms with Gasteiger partial charge in [0.1, 0.15) is 22.1 Å². The Morgan fingerprint density at radius 1 is 0.821 bits per heavy atom. The SMILES string of the molecule is COc1ccc(NS(=O)(=O)c2cc(NC(=O)CCCOc3ccc(OC)cc3)ccc2N2CCCCC2)cc1. The summed E-state index contributed by atoms with van der Waals surface area (Å²) in [5, 5.41) is 2.84. The molecule has 4 rings (SSSR count). The molecule has 39 heavy (non-hydrogen) atoms. The molecule has 0 saturated carbocycles. The van der Waals surface area contributed by atoms with Gasteiger partial charge in [0, 0.05) is 30.9 Å². The van der Waals surface area contributed by atoms with Gasteiger partial charge in [0.25, 0.3) is 10.0 Å². The van der Waals surface area contributed by atoms with Crippen molar-refractivity contribution in [3.8, 4) is 17.2 Å². The predicted molar refractivity (Wildman–Crippen MR) is 153 cm³/mol. The standard InChI is InChI=1S/C29H35N3O6S/c1-36-24-11-8-22(9-12-24)31-39(34,35)28-21-23(10-17-27(28)32-18-4-3-5-19-32)30-29(33)7-6-20-38-26-15-13-25(37-2)14-16-26/h8-17,21,31H,3-7,18-20H2,1-2H3,(H,30,33). The van der Waals surface area contributed by atoms with Gasteiger partial charge in [-0.15, -0.1) is 0 Å². The molecule has 1 fully saturated rings. The lowest BCUT2D eigenvalue weighted by molar-refractivity contribution is -0.116. The van der Waals surface area contributed by atoms with E-state index in [0.29, 0.717) is 41.6 Å². The molecular formula is C29H35N3O6S. The number of hydrogen-bond acceptors (Lipinski definition) is 7. The van der Waals surface area contributed by atoms with E-state index in [-0.39, 0.29) is 17.2 Å². The zero-order chi connectivity index (χ0) is 27.7. The van der Waals surface area contributed by atoms with Crippen molar-refractivity contribution in [3.63, 3.8) is 0 Å². The highest BCUT2D eigenvalue weighted by Crippen LogP contribution is 2.32. The third-order valence-electron chi connectivity index (χ3n) is 6.45. The summed E-state index contributed by atoms with van der Waals surface area (Å²) >= 11 is 0. The Labute approximate surface area is 230 Å². The fourth-order valence-corrected chi connectivity index (χ4v) is 5.70. The lowest BCUT2D eigenvalue weighted by Crippen LogP contribution is -2.31. The van der Waals surface area contributed by atoms with Crippen LogP contribution in [-0.2, 0) is 14.8 Å². The van der Waals surface area contributed by atoms with E-state index in [0.717, 1.165) is 38.1 Å². The fourth-order valence-electron chi connectivity index (χ4n) is 4.39. The number of hydrogen-bond donors (Lipinski definition) is 2. The van der Waals surface area contributed by atoms with Crippen LogP contribution in [0.5, 0.6) is 17.2 Å². The summed E-state index contributed by atoms with van der Waals surface area (Å²) < 4.78 is 45.7. The molecule has 10 heteroatoms. The topological polar surface area (TPSA) is 106 Å². The number of carbonyl (C=O) groups excluding carboxylic acids is 1. The van der Waals surface area contributed by atoms with E-state index in [4.69, 9.17) is 14.2 Å². The number of anilines is 3. The molecule has 1 amide bonds. The summed E-state index contributed by atoms with van der Waals surface area (Å²) in [4.78, 5) is 14.9. The van der Waals surface area contributed by atoms with Crippen LogP contribution in [0.3, 0.4) is 0 Å². The van der Waals surface area contributed by atoms with Crippen molar-refractivity contribution in [1.29, 1.82) is 0 Å². The van der Waals surface area contributed by atoms with Crippen molar-refractivity contribution in [2.75, 3.05) is 48.9 Å². The molecule has 1 aliphatic heterocycles. The van der Waals surface area contributed by atoms with E-state index in [1.807, 2.05) is 24.3 Å².